The molecule has 0 aromatic carbocycles. The molecule has 5 nitrogen and oxygen atoms in total. The van der Waals surface area contributed by atoms with Gasteiger partial charge in [-0.3, -0.25) is 9.89 Å². The van der Waals surface area contributed by atoms with Crippen LogP contribution in [0.15, 0.2) is 0 Å². The average molecular weight is 278 g/mol. The summed E-state index contributed by atoms with van der Waals surface area (Å²) in [4.78, 5) is 12.0. The standard InChI is InChI=1S/C15H26N4O/c1-2-3-4-5-6-7-10-17-15(20)14-12(16)13(18-19-14)11-8-9-11/h11H,2-10,16H2,1H3,(H,17,20)(H,18,19). The predicted octanol–water partition coefficient (Wildman–Crippen LogP) is 2.96. The molecule has 0 unspecified atom stereocenters. The van der Waals surface area contributed by atoms with Crippen molar-refractivity contribution in [2.24, 2.45) is 0 Å². The number of nitrogens with one attached hydrogen (secondary N) is 2. The SMILES string of the molecule is CCCCCCCCNC(=O)c1n[nH]c(C2CC2)c1N. The predicted molar refractivity (Wildman–Crippen MR) is 80.7 cm³/mol. The highest BCUT2D eigenvalue weighted by Crippen LogP contribution is 2.42. The van der Waals surface area contributed by atoms with Gasteiger partial charge in [0.05, 0.1) is 11.4 Å². The summed E-state index contributed by atoms with van der Waals surface area (Å²) >= 11 is 0. The number of anilines is 1. The molecule has 0 bridgehead atoms. The van der Waals surface area contributed by atoms with Gasteiger partial charge in [-0.25, -0.2) is 0 Å². The molecular weight excluding hydrogens is 252 g/mol. The van der Waals surface area contributed by atoms with Crippen molar-refractivity contribution in [2.75, 3.05) is 12.3 Å². The van der Waals surface area contributed by atoms with Gasteiger partial charge in [-0.15, -0.1) is 0 Å². The second-order valence-corrected chi connectivity index (χ2v) is 5.70. The number of hydrogen-bond donors (Lipinski definition) is 3. The number of rotatable bonds is 9. The number of H-pyrrole nitrogens is 1. The lowest BCUT2D eigenvalue weighted by Crippen LogP contribution is -2.25. The summed E-state index contributed by atoms with van der Waals surface area (Å²) in [7, 11) is 0. The summed E-state index contributed by atoms with van der Waals surface area (Å²) < 4.78 is 0. The Morgan fingerprint density at radius 2 is 2.00 bits per heavy atom. The highest BCUT2D eigenvalue weighted by Gasteiger charge is 2.30. The van der Waals surface area contributed by atoms with Gasteiger partial charge in [0.25, 0.3) is 5.91 Å². The highest BCUT2D eigenvalue weighted by atomic mass is 16.1. The summed E-state index contributed by atoms with van der Waals surface area (Å²) in [6.07, 6.45) is 9.59. The third kappa shape index (κ3) is 3.99. The number of unbranched alkanes of at least 4 members (excludes halogenated alkanes) is 5. The van der Waals surface area contributed by atoms with Crippen LogP contribution < -0.4 is 11.1 Å². The van der Waals surface area contributed by atoms with Crippen molar-refractivity contribution in [1.82, 2.24) is 15.5 Å². The Kier molecular flexibility index (Phi) is 5.44. The molecule has 2 rings (SSSR count). The number of carbonyl (C=O) groups excluding carboxylic acids is 1. The molecule has 1 heterocycles. The number of carbonyl (C=O) groups is 1. The van der Waals surface area contributed by atoms with Crippen LogP contribution in [0.1, 0.15) is 80.4 Å². The third-order valence-electron chi connectivity index (χ3n) is 3.85. The van der Waals surface area contributed by atoms with Gasteiger partial charge in [0.15, 0.2) is 5.69 Å². The van der Waals surface area contributed by atoms with E-state index in [1.807, 2.05) is 0 Å². The van der Waals surface area contributed by atoms with Crippen molar-refractivity contribution in [2.45, 2.75) is 64.2 Å². The van der Waals surface area contributed by atoms with Gasteiger partial charge in [-0.05, 0) is 19.3 Å². The molecule has 1 aliphatic rings. The smallest absolute Gasteiger partial charge is 0.273 e. The van der Waals surface area contributed by atoms with Crippen LogP contribution in [-0.2, 0) is 0 Å². The fourth-order valence-corrected chi connectivity index (χ4v) is 2.41. The third-order valence-corrected chi connectivity index (χ3v) is 3.85. The summed E-state index contributed by atoms with van der Waals surface area (Å²) in [5, 5.41) is 9.86. The molecule has 20 heavy (non-hydrogen) atoms. The minimum absolute atomic E-state index is 0.154. The number of aromatic amines is 1. The van der Waals surface area contributed by atoms with E-state index >= 15 is 0 Å². The molecule has 0 radical (unpaired) electrons. The van der Waals surface area contributed by atoms with Crippen molar-refractivity contribution >= 4 is 11.6 Å². The van der Waals surface area contributed by atoms with Crippen molar-refractivity contribution in [3.05, 3.63) is 11.4 Å². The lowest BCUT2D eigenvalue weighted by atomic mass is 10.1. The fraction of sp³-hybridized carbons (Fsp3) is 0.733. The second kappa shape index (κ2) is 7.31. The van der Waals surface area contributed by atoms with Gasteiger partial charge in [0.2, 0.25) is 0 Å². The van der Waals surface area contributed by atoms with E-state index in [2.05, 4.69) is 22.4 Å². The Morgan fingerprint density at radius 1 is 1.30 bits per heavy atom. The van der Waals surface area contributed by atoms with Gasteiger partial charge >= 0.3 is 0 Å². The van der Waals surface area contributed by atoms with Crippen molar-refractivity contribution < 1.29 is 4.79 Å². The summed E-state index contributed by atoms with van der Waals surface area (Å²) in [5.41, 5.74) is 7.81. The first-order chi connectivity index (χ1) is 9.74. The summed E-state index contributed by atoms with van der Waals surface area (Å²) in [5.74, 6) is 0.335. The molecule has 4 N–H and O–H groups in total. The zero-order valence-corrected chi connectivity index (χ0v) is 12.4. The molecule has 0 atom stereocenters. The van der Waals surface area contributed by atoms with Gasteiger partial charge in [-0.1, -0.05) is 39.0 Å². The molecular formula is C15H26N4O. The number of nitrogens with two attached hydrogens (primary N) is 1. The molecule has 0 aliphatic heterocycles. The first-order valence-corrected chi connectivity index (χ1v) is 7.86. The number of nitrogen functional groups attached to an aromatic ring is 1. The zero-order valence-electron chi connectivity index (χ0n) is 12.4. The number of nitrogens with zero attached hydrogens (tertiary/aromatic N) is 1. The summed E-state index contributed by atoms with van der Waals surface area (Å²) in [6, 6.07) is 0. The van der Waals surface area contributed by atoms with Gasteiger partial charge in [-0.2, -0.15) is 5.10 Å². The van der Waals surface area contributed by atoms with Crippen LogP contribution in [0.5, 0.6) is 0 Å². The van der Waals surface area contributed by atoms with Crippen LogP contribution in [0.4, 0.5) is 5.69 Å². The average Bonchev–Trinajstić information content (AvgIpc) is 3.21. The molecule has 1 aliphatic carbocycles. The lowest BCUT2D eigenvalue weighted by molar-refractivity contribution is 0.0949. The largest absolute Gasteiger partial charge is 0.395 e. The molecule has 112 valence electrons. The second-order valence-electron chi connectivity index (χ2n) is 5.70. The van der Waals surface area contributed by atoms with Crippen LogP contribution >= 0.6 is 0 Å². The quantitative estimate of drug-likeness (QED) is 0.607. The Morgan fingerprint density at radius 3 is 2.70 bits per heavy atom. The van der Waals surface area contributed by atoms with E-state index in [0.717, 1.165) is 25.0 Å². The van der Waals surface area contributed by atoms with Gasteiger partial charge in [0, 0.05) is 12.5 Å². The molecule has 0 saturated heterocycles. The topological polar surface area (TPSA) is 83.8 Å². The van der Waals surface area contributed by atoms with E-state index in [4.69, 9.17) is 5.73 Å². The normalized spacial score (nSPS) is 14.4. The number of aromatic nitrogens is 2. The molecule has 1 amide bonds. The van der Waals surface area contributed by atoms with Crippen LogP contribution in [0.25, 0.3) is 0 Å². The lowest BCUT2D eigenvalue weighted by Gasteiger charge is -2.04. The number of amides is 1. The molecule has 1 aromatic rings. The van der Waals surface area contributed by atoms with Gasteiger partial charge in [0.1, 0.15) is 0 Å². The van der Waals surface area contributed by atoms with E-state index in [-0.39, 0.29) is 5.91 Å². The van der Waals surface area contributed by atoms with Crippen molar-refractivity contribution in [3.8, 4) is 0 Å². The molecule has 0 spiro atoms. The van der Waals surface area contributed by atoms with E-state index in [0.29, 0.717) is 23.8 Å². The Balaban J connectivity index is 1.67. The Hall–Kier alpha value is -1.52. The van der Waals surface area contributed by atoms with Crippen LogP contribution in [0.2, 0.25) is 0 Å². The molecule has 5 heteroatoms. The zero-order chi connectivity index (χ0) is 14.4. The maximum absolute atomic E-state index is 12.0. The van der Waals surface area contributed by atoms with Crippen molar-refractivity contribution in [1.29, 1.82) is 0 Å². The van der Waals surface area contributed by atoms with Crippen LogP contribution in [-0.4, -0.2) is 22.6 Å². The minimum atomic E-state index is -0.154. The molecule has 1 aromatic heterocycles. The maximum atomic E-state index is 12.0. The van der Waals surface area contributed by atoms with Crippen molar-refractivity contribution in [3.63, 3.8) is 0 Å². The van der Waals surface area contributed by atoms with Crippen LogP contribution in [0, 0.1) is 0 Å². The van der Waals surface area contributed by atoms with Gasteiger partial charge < -0.3 is 11.1 Å². The minimum Gasteiger partial charge on any atom is -0.395 e. The Labute approximate surface area is 120 Å². The first kappa shape index (κ1) is 14.9. The van der Waals surface area contributed by atoms with E-state index in [1.165, 1.54) is 32.1 Å². The fourth-order valence-electron chi connectivity index (χ4n) is 2.41. The first-order valence-electron chi connectivity index (χ1n) is 7.86. The Bertz CT molecular complexity index is 437. The highest BCUT2D eigenvalue weighted by molar-refractivity contribution is 5.97. The van der Waals surface area contributed by atoms with E-state index in [9.17, 15) is 4.79 Å². The van der Waals surface area contributed by atoms with E-state index < -0.39 is 0 Å². The molecule has 1 fully saturated rings. The number of hydrogen-bond acceptors (Lipinski definition) is 3. The maximum Gasteiger partial charge on any atom is 0.273 e. The molecule has 1 saturated carbocycles. The summed E-state index contributed by atoms with van der Waals surface area (Å²) in [6.45, 7) is 2.92. The van der Waals surface area contributed by atoms with Crippen LogP contribution in [0.3, 0.4) is 0 Å². The van der Waals surface area contributed by atoms with E-state index in [1.54, 1.807) is 0 Å². The monoisotopic (exact) mass is 278 g/mol.